The third-order valence-electron chi connectivity index (χ3n) is 4.52. The SMILES string of the molecule is CC(C)Cn1nc(C(=O)OCC(=O)N(CC#N)c2ccccc2)c2ccccc2c1=O. The summed E-state index contributed by atoms with van der Waals surface area (Å²) in [6.07, 6.45) is 0. The van der Waals surface area contributed by atoms with Crippen molar-refractivity contribution in [1.29, 1.82) is 5.26 Å². The number of hydrogen-bond acceptors (Lipinski definition) is 6. The zero-order valence-corrected chi connectivity index (χ0v) is 17.3. The molecule has 0 aliphatic heterocycles. The number of nitriles is 1. The van der Waals surface area contributed by atoms with Crippen LogP contribution in [0.2, 0.25) is 0 Å². The van der Waals surface area contributed by atoms with Gasteiger partial charge in [-0.05, 0) is 24.1 Å². The molecular formula is C23H22N4O4. The largest absolute Gasteiger partial charge is 0.451 e. The molecule has 3 rings (SSSR count). The van der Waals surface area contributed by atoms with Gasteiger partial charge in [0.1, 0.15) is 6.54 Å². The average Bonchev–Trinajstić information content (AvgIpc) is 2.78. The van der Waals surface area contributed by atoms with E-state index in [0.717, 1.165) is 0 Å². The summed E-state index contributed by atoms with van der Waals surface area (Å²) in [6.45, 7) is 3.48. The van der Waals surface area contributed by atoms with Crippen LogP contribution in [0.15, 0.2) is 59.4 Å². The first-order valence-corrected chi connectivity index (χ1v) is 9.81. The fourth-order valence-electron chi connectivity index (χ4n) is 3.13. The number of carbonyl (C=O) groups excluding carboxylic acids is 2. The minimum Gasteiger partial charge on any atom is -0.451 e. The number of carbonyl (C=O) groups is 2. The van der Waals surface area contributed by atoms with Gasteiger partial charge in [0.05, 0.1) is 11.5 Å². The molecule has 0 aliphatic carbocycles. The summed E-state index contributed by atoms with van der Waals surface area (Å²) in [7, 11) is 0. The lowest BCUT2D eigenvalue weighted by atomic mass is 10.1. The van der Waals surface area contributed by atoms with Crippen LogP contribution < -0.4 is 10.5 Å². The summed E-state index contributed by atoms with van der Waals surface area (Å²) in [4.78, 5) is 39.3. The molecule has 8 nitrogen and oxygen atoms in total. The van der Waals surface area contributed by atoms with E-state index in [1.54, 1.807) is 54.6 Å². The van der Waals surface area contributed by atoms with E-state index in [9.17, 15) is 14.4 Å². The van der Waals surface area contributed by atoms with Gasteiger partial charge in [0.2, 0.25) is 0 Å². The Morgan fingerprint density at radius 3 is 2.39 bits per heavy atom. The fraction of sp³-hybridized carbons (Fsp3) is 0.261. The van der Waals surface area contributed by atoms with Crippen LogP contribution in [0, 0.1) is 17.2 Å². The zero-order chi connectivity index (χ0) is 22.4. The highest BCUT2D eigenvalue weighted by molar-refractivity contribution is 6.03. The molecule has 0 N–H and O–H groups in total. The molecule has 0 fully saturated rings. The van der Waals surface area contributed by atoms with Crippen LogP contribution in [0.25, 0.3) is 10.8 Å². The lowest BCUT2D eigenvalue weighted by Crippen LogP contribution is -2.35. The molecule has 0 bridgehead atoms. The molecule has 3 aromatic rings. The van der Waals surface area contributed by atoms with E-state index in [1.807, 2.05) is 19.9 Å². The van der Waals surface area contributed by atoms with Crippen molar-refractivity contribution in [3.63, 3.8) is 0 Å². The molecule has 0 spiro atoms. The number of para-hydroxylation sites is 1. The summed E-state index contributed by atoms with van der Waals surface area (Å²) in [6, 6.07) is 17.2. The maximum Gasteiger partial charge on any atom is 0.359 e. The average molecular weight is 418 g/mol. The van der Waals surface area contributed by atoms with Crippen LogP contribution in [0.4, 0.5) is 5.69 Å². The Hall–Kier alpha value is -3.99. The minimum atomic E-state index is -0.813. The number of nitrogens with zero attached hydrogens (tertiary/aromatic N) is 4. The molecule has 8 heteroatoms. The Morgan fingerprint density at radius 1 is 1.10 bits per heavy atom. The zero-order valence-electron chi connectivity index (χ0n) is 17.3. The maximum absolute atomic E-state index is 12.8. The summed E-state index contributed by atoms with van der Waals surface area (Å²) >= 11 is 0. The van der Waals surface area contributed by atoms with Gasteiger partial charge in [-0.2, -0.15) is 10.4 Å². The van der Waals surface area contributed by atoms with Gasteiger partial charge >= 0.3 is 5.97 Å². The monoisotopic (exact) mass is 418 g/mol. The molecule has 1 aromatic heterocycles. The Bertz CT molecular complexity index is 1200. The number of fused-ring (bicyclic) bond motifs is 1. The first kappa shape index (κ1) is 21.7. The molecule has 2 aromatic carbocycles. The summed E-state index contributed by atoms with van der Waals surface area (Å²) < 4.78 is 6.48. The summed E-state index contributed by atoms with van der Waals surface area (Å²) in [5.41, 5.74) is 0.204. The fourth-order valence-corrected chi connectivity index (χ4v) is 3.13. The molecule has 0 radical (unpaired) electrons. The lowest BCUT2D eigenvalue weighted by Gasteiger charge is -2.19. The number of benzene rings is 2. The molecule has 158 valence electrons. The molecular weight excluding hydrogens is 396 g/mol. The van der Waals surface area contributed by atoms with Crippen molar-refractivity contribution < 1.29 is 14.3 Å². The molecule has 0 saturated heterocycles. The summed E-state index contributed by atoms with van der Waals surface area (Å²) in [5.74, 6) is -1.21. The van der Waals surface area contributed by atoms with E-state index in [2.05, 4.69) is 5.10 Å². The van der Waals surface area contributed by atoms with Gasteiger partial charge in [0.15, 0.2) is 12.3 Å². The van der Waals surface area contributed by atoms with Crippen molar-refractivity contribution in [2.75, 3.05) is 18.1 Å². The van der Waals surface area contributed by atoms with Gasteiger partial charge in [0, 0.05) is 17.6 Å². The second-order valence-corrected chi connectivity index (χ2v) is 7.32. The highest BCUT2D eigenvalue weighted by Crippen LogP contribution is 2.16. The number of esters is 1. The van der Waals surface area contributed by atoms with Gasteiger partial charge in [0.25, 0.3) is 11.5 Å². The van der Waals surface area contributed by atoms with Gasteiger partial charge in [-0.3, -0.25) is 14.5 Å². The van der Waals surface area contributed by atoms with E-state index in [0.29, 0.717) is 23.0 Å². The first-order valence-electron chi connectivity index (χ1n) is 9.81. The van der Waals surface area contributed by atoms with Crippen molar-refractivity contribution in [2.24, 2.45) is 5.92 Å². The topological polar surface area (TPSA) is 105 Å². The van der Waals surface area contributed by atoms with Crippen LogP contribution in [-0.2, 0) is 16.1 Å². The third kappa shape index (κ3) is 4.95. The van der Waals surface area contributed by atoms with Crippen LogP contribution in [0.5, 0.6) is 0 Å². The quantitative estimate of drug-likeness (QED) is 0.432. The highest BCUT2D eigenvalue weighted by atomic mass is 16.5. The highest BCUT2D eigenvalue weighted by Gasteiger charge is 2.22. The standard InChI is InChI=1S/C23H22N4O4/c1-16(2)14-27-22(29)19-11-7-6-10-18(19)21(25-27)23(30)31-15-20(28)26(13-12-24)17-8-4-3-5-9-17/h3-11,16H,13-15H2,1-2H3. The van der Waals surface area contributed by atoms with Crippen molar-refractivity contribution in [2.45, 2.75) is 20.4 Å². The number of aromatic nitrogens is 2. The molecule has 0 saturated carbocycles. The van der Waals surface area contributed by atoms with Crippen LogP contribution >= 0.6 is 0 Å². The molecule has 0 atom stereocenters. The van der Waals surface area contributed by atoms with Gasteiger partial charge in [-0.25, -0.2) is 9.48 Å². The molecule has 31 heavy (non-hydrogen) atoms. The Balaban J connectivity index is 1.86. The molecule has 0 unspecified atom stereocenters. The first-order chi connectivity index (χ1) is 14.9. The second kappa shape index (κ2) is 9.67. The Morgan fingerprint density at radius 2 is 1.74 bits per heavy atom. The van der Waals surface area contributed by atoms with Gasteiger partial charge < -0.3 is 4.74 Å². The van der Waals surface area contributed by atoms with Crippen molar-refractivity contribution in [3.8, 4) is 6.07 Å². The molecule has 1 amide bonds. The number of ether oxygens (including phenoxy) is 1. The number of hydrogen-bond donors (Lipinski definition) is 0. The number of anilines is 1. The van der Waals surface area contributed by atoms with Crippen LogP contribution in [0.1, 0.15) is 24.3 Å². The van der Waals surface area contributed by atoms with E-state index < -0.39 is 18.5 Å². The predicted octanol–water partition coefficient (Wildman–Crippen LogP) is 2.77. The van der Waals surface area contributed by atoms with Gasteiger partial charge in [-0.15, -0.1) is 0 Å². The Kier molecular flexibility index (Phi) is 6.78. The maximum atomic E-state index is 12.8. The lowest BCUT2D eigenvalue weighted by molar-refractivity contribution is -0.121. The minimum absolute atomic E-state index is 0.0322. The van der Waals surface area contributed by atoms with Gasteiger partial charge in [-0.1, -0.05) is 50.2 Å². The number of rotatable bonds is 7. The predicted molar refractivity (Wildman–Crippen MR) is 116 cm³/mol. The van der Waals surface area contributed by atoms with E-state index in [-0.39, 0.29) is 23.7 Å². The van der Waals surface area contributed by atoms with E-state index >= 15 is 0 Å². The van der Waals surface area contributed by atoms with Crippen molar-refractivity contribution >= 4 is 28.3 Å². The van der Waals surface area contributed by atoms with Crippen molar-refractivity contribution in [3.05, 3.63) is 70.6 Å². The number of amides is 1. The smallest absolute Gasteiger partial charge is 0.359 e. The normalized spacial score (nSPS) is 10.6. The van der Waals surface area contributed by atoms with Crippen LogP contribution in [-0.4, -0.2) is 34.8 Å². The van der Waals surface area contributed by atoms with Crippen LogP contribution in [0.3, 0.4) is 0 Å². The second-order valence-electron chi connectivity index (χ2n) is 7.32. The van der Waals surface area contributed by atoms with Crippen molar-refractivity contribution in [1.82, 2.24) is 9.78 Å². The Labute approximate surface area is 179 Å². The molecule has 1 heterocycles. The summed E-state index contributed by atoms with van der Waals surface area (Å²) in [5, 5.41) is 14.0. The van der Waals surface area contributed by atoms with E-state index in [1.165, 1.54) is 9.58 Å². The third-order valence-corrected chi connectivity index (χ3v) is 4.52. The molecule has 0 aliphatic rings. The van der Waals surface area contributed by atoms with E-state index in [4.69, 9.17) is 10.00 Å².